The van der Waals surface area contributed by atoms with Crippen molar-refractivity contribution in [2.75, 3.05) is 22.2 Å². The van der Waals surface area contributed by atoms with Gasteiger partial charge in [0.15, 0.2) is 0 Å². The fourth-order valence-corrected chi connectivity index (χ4v) is 3.84. The van der Waals surface area contributed by atoms with E-state index >= 15 is 0 Å². The lowest BCUT2D eigenvalue weighted by molar-refractivity contribution is -0.122. The van der Waals surface area contributed by atoms with Crippen LogP contribution in [0.5, 0.6) is 0 Å². The summed E-state index contributed by atoms with van der Waals surface area (Å²) in [5.74, 6) is -1.17. The van der Waals surface area contributed by atoms with E-state index in [-0.39, 0.29) is 30.3 Å². The molecule has 1 aromatic carbocycles. The van der Waals surface area contributed by atoms with Gasteiger partial charge in [0, 0.05) is 6.04 Å². The van der Waals surface area contributed by atoms with Crippen LogP contribution in [0.15, 0.2) is 18.2 Å². The number of esters is 1. The van der Waals surface area contributed by atoms with E-state index in [2.05, 4.69) is 0 Å². The van der Waals surface area contributed by atoms with E-state index < -0.39 is 11.6 Å². The highest BCUT2D eigenvalue weighted by Crippen LogP contribution is 2.39. The van der Waals surface area contributed by atoms with Crippen molar-refractivity contribution >= 4 is 40.8 Å². The Morgan fingerprint density at radius 2 is 1.85 bits per heavy atom. The van der Waals surface area contributed by atoms with Gasteiger partial charge < -0.3 is 9.64 Å². The topological polar surface area (TPSA) is 66.9 Å². The van der Waals surface area contributed by atoms with E-state index in [9.17, 15) is 14.4 Å². The van der Waals surface area contributed by atoms with Crippen LogP contribution in [-0.4, -0.2) is 41.9 Å². The number of nitrogens with zero attached hydrogens (tertiary/aromatic N) is 2. The van der Waals surface area contributed by atoms with Gasteiger partial charge in [-0.1, -0.05) is 12.8 Å². The van der Waals surface area contributed by atoms with E-state index in [1.165, 1.54) is 4.90 Å². The predicted octanol–water partition coefficient (Wildman–Crippen LogP) is 3.50. The predicted molar refractivity (Wildman–Crippen MR) is 104 cm³/mol. The average Bonchev–Trinajstić information content (AvgIpc) is 3.12. The molecule has 1 aliphatic carbocycles. The molecular formula is C20H25ClN2O4. The number of amides is 2. The van der Waals surface area contributed by atoms with Crippen molar-refractivity contribution in [2.45, 2.75) is 58.1 Å². The molecular weight excluding hydrogens is 368 g/mol. The number of ether oxygens (including phenoxy) is 1. The fraction of sp³-hybridized carbons (Fsp3) is 0.550. The van der Waals surface area contributed by atoms with Crippen LogP contribution in [0.2, 0.25) is 0 Å². The second-order valence-corrected chi connectivity index (χ2v) is 8.29. The molecule has 1 aromatic rings. The van der Waals surface area contributed by atoms with Gasteiger partial charge in [-0.15, -0.1) is 11.6 Å². The largest absolute Gasteiger partial charge is 0.456 e. The molecule has 0 bridgehead atoms. The molecule has 0 atom stereocenters. The zero-order valence-corrected chi connectivity index (χ0v) is 16.7. The quantitative estimate of drug-likeness (QED) is 0.583. The number of fused-ring (bicyclic) bond motifs is 1. The first-order valence-electron chi connectivity index (χ1n) is 9.27. The molecule has 6 nitrogen and oxygen atoms in total. The number of carbonyl (C=O) groups excluding carboxylic acids is 3. The van der Waals surface area contributed by atoms with Gasteiger partial charge in [0.2, 0.25) is 11.8 Å². The van der Waals surface area contributed by atoms with Crippen molar-refractivity contribution in [3.8, 4) is 0 Å². The first-order chi connectivity index (χ1) is 12.7. The Balaban J connectivity index is 2.02. The van der Waals surface area contributed by atoms with Crippen molar-refractivity contribution in [1.82, 2.24) is 0 Å². The summed E-state index contributed by atoms with van der Waals surface area (Å²) in [6, 6.07) is 5.15. The van der Waals surface area contributed by atoms with Gasteiger partial charge in [-0.2, -0.15) is 0 Å². The van der Waals surface area contributed by atoms with Gasteiger partial charge in [-0.05, 0) is 51.8 Å². The number of hydrogen-bond acceptors (Lipinski definition) is 4. The second kappa shape index (κ2) is 7.50. The first-order valence-corrected chi connectivity index (χ1v) is 9.80. The molecule has 0 aromatic heterocycles. The maximum absolute atomic E-state index is 12.8. The minimum atomic E-state index is -0.621. The molecule has 1 heterocycles. The third-order valence-corrected chi connectivity index (χ3v) is 5.06. The SMILES string of the molecule is CC(C)(C)OC(=O)c1ccc2c(c1)N(C(=O)CCl)CC(=O)N2C1CCCC1. The van der Waals surface area contributed by atoms with Gasteiger partial charge in [0.05, 0.1) is 16.9 Å². The van der Waals surface area contributed by atoms with Crippen LogP contribution in [0, 0.1) is 0 Å². The summed E-state index contributed by atoms with van der Waals surface area (Å²) in [7, 11) is 0. The zero-order valence-electron chi connectivity index (χ0n) is 16.0. The van der Waals surface area contributed by atoms with E-state index in [0.29, 0.717) is 16.9 Å². The molecule has 0 spiro atoms. The zero-order chi connectivity index (χ0) is 19.8. The van der Waals surface area contributed by atoms with E-state index in [1.807, 2.05) is 0 Å². The van der Waals surface area contributed by atoms with Gasteiger partial charge in [0.1, 0.15) is 18.0 Å². The number of anilines is 2. The number of benzene rings is 1. The Hall–Kier alpha value is -2.08. The molecule has 0 unspecified atom stereocenters. The summed E-state index contributed by atoms with van der Waals surface area (Å²) in [4.78, 5) is 40.7. The van der Waals surface area contributed by atoms with Crippen LogP contribution in [0.3, 0.4) is 0 Å². The highest BCUT2D eigenvalue weighted by molar-refractivity contribution is 6.30. The standard InChI is InChI=1S/C20H25ClN2O4/c1-20(2,3)27-19(26)13-8-9-15-16(10-13)22(17(24)11-21)12-18(25)23(15)14-6-4-5-7-14/h8-10,14H,4-7,11-12H2,1-3H3. The molecule has 7 heteroatoms. The highest BCUT2D eigenvalue weighted by atomic mass is 35.5. The Bertz CT molecular complexity index is 766. The van der Waals surface area contributed by atoms with Gasteiger partial charge >= 0.3 is 5.97 Å². The second-order valence-electron chi connectivity index (χ2n) is 8.02. The molecule has 146 valence electrons. The molecule has 2 aliphatic rings. The summed E-state index contributed by atoms with van der Waals surface area (Å²) >= 11 is 5.74. The number of rotatable bonds is 3. The number of carbonyl (C=O) groups is 3. The molecule has 2 amide bonds. The molecule has 0 radical (unpaired) electrons. The lowest BCUT2D eigenvalue weighted by atomic mass is 10.0. The lowest BCUT2D eigenvalue weighted by Gasteiger charge is -2.39. The van der Waals surface area contributed by atoms with Crippen LogP contribution in [-0.2, 0) is 14.3 Å². The van der Waals surface area contributed by atoms with Crippen LogP contribution in [0.1, 0.15) is 56.8 Å². The minimum Gasteiger partial charge on any atom is -0.456 e. The summed E-state index contributed by atoms with van der Waals surface area (Å²) < 4.78 is 5.44. The molecule has 3 rings (SSSR count). The molecule has 1 fully saturated rings. The Morgan fingerprint density at radius 3 is 2.44 bits per heavy atom. The summed E-state index contributed by atoms with van der Waals surface area (Å²) in [6.07, 6.45) is 4.07. The number of halogens is 1. The van der Waals surface area contributed by atoms with Crippen molar-refractivity contribution in [2.24, 2.45) is 0 Å². The third kappa shape index (κ3) is 4.10. The van der Waals surface area contributed by atoms with Gasteiger partial charge in [-0.3, -0.25) is 14.5 Å². The normalized spacial score (nSPS) is 17.9. The smallest absolute Gasteiger partial charge is 0.338 e. The maximum atomic E-state index is 12.8. The summed E-state index contributed by atoms with van der Waals surface area (Å²) in [6.45, 7) is 5.33. The Labute approximate surface area is 164 Å². The highest BCUT2D eigenvalue weighted by Gasteiger charge is 2.37. The minimum absolute atomic E-state index is 0.0627. The van der Waals surface area contributed by atoms with Crippen LogP contribution in [0.25, 0.3) is 0 Å². The van der Waals surface area contributed by atoms with Crippen molar-refractivity contribution < 1.29 is 19.1 Å². The van der Waals surface area contributed by atoms with E-state index in [0.717, 1.165) is 25.7 Å². The average molecular weight is 393 g/mol. The fourth-order valence-electron chi connectivity index (χ4n) is 3.70. The molecule has 1 saturated carbocycles. The lowest BCUT2D eigenvalue weighted by Crippen LogP contribution is -2.51. The molecule has 0 N–H and O–H groups in total. The maximum Gasteiger partial charge on any atom is 0.338 e. The summed E-state index contributed by atoms with van der Waals surface area (Å²) in [5, 5.41) is 0. The van der Waals surface area contributed by atoms with Crippen molar-refractivity contribution in [3.63, 3.8) is 0 Å². The van der Waals surface area contributed by atoms with Crippen molar-refractivity contribution in [3.05, 3.63) is 23.8 Å². The Morgan fingerprint density at radius 1 is 1.19 bits per heavy atom. The van der Waals surface area contributed by atoms with E-state index in [4.69, 9.17) is 16.3 Å². The molecule has 1 aliphatic heterocycles. The number of hydrogen-bond donors (Lipinski definition) is 0. The summed E-state index contributed by atoms with van der Waals surface area (Å²) in [5.41, 5.74) is 0.918. The van der Waals surface area contributed by atoms with E-state index in [1.54, 1.807) is 43.9 Å². The van der Waals surface area contributed by atoms with Crippen LogP contribution >= 0.6 is 11.6 Å². The molecule has 0 saturated heterocycles. The van der Waals surface area contributed by atoms with Crippen LogP contribution < -0.4 is 9.80 Å². The van der Waals surface area contributed by atoms with Crippen molar-refractivity contribution in [1.29, 1.82) is 0 Å². The van der Waals surface area contributed by atoms with Gasteiger partial charge in [0.25, 0.3) is 0 Å². The van der Waals surface area contributed by atoms with Crippen LogP contribution in [0.4, 0.5) is 11.4 Å². The Kier molecular flexibility index (Phi) is 5.47. The van der Waals surface area contributed by atoms with Gasteiger partial charge in [-0.25, -0.2) is 4.79 Å². The monoisotopic (exact) mass is 392 g/mol. The first kappa shape index (κ1) is 19.7. The molecule has 27 heavy (non-hydrogen) atoms. The number of alkyl halides is 1. The third-order valence-electron chi connectivity index (χ3n) is 4.83.